The number of hydrogen-bond donors (Lipinski definition) is 0. The zero-order valence-corrected chi connectivity index (χ0v) is 12.7. The molecule has 118 valence electrons. The van der Waals surface area contributed by atoms with Crippen molar-refractivity contribution in [3.63, 3.8) is 0 Å². The zero-order chi connectivity index (χ0) is 16.8. The average molecular weight is 318 g/mol. The maximum atomic E-state index is 12.1. The standard InChI is InChI=1S/C20H14O4/c21-14-15-6-10-18(11-7-15)23-19-12-8-16(9-13-19)20(22)24-17-4-2-1-3-5-17/h1-14H. The molecule has 0 heterocycles. The van der Waals surface area contributed by atoms with Gasteiger partial charge in [0.2, 0.25) is 0 Å². The van der Waals surface area contributed by atoms with Crippen LogP contribution in [0.5, 0.6) is 17.2 Å². The first-order valence-corrected chi connectivity index (χ1v) is 7.35. The molecule has 0 bridgehead atoms. The van der Waals surface area contributed by atoms with Gasteiger partial charge in [-0.1, -0.05) is 18.2 Å². The summed E-state index contributed by atoms with van der Waals surface area (Å²) in [6.45, 7) is 0. The van der Waals surface area contributed by atoms with Crippen molar-refractivity contribution >= 4 is 12.3 Å². The number of para-hydroxylation sites is 1. The molecule has 24 heavy (non-hydrogen) atoms. The van der Waals surface area contributed by atoms with Crippen LogP contribution >= 0.6 is 0 Å². The predicted molar refractivity (Wildman–Crippen MR) is 89.7 cm³/mol. The van der Waals surface area contributed by atoms with Gasteiger partial charge in [0.05, 0.1) is 5.56 Å². The Morgan fingerprint density at radius 2 is 1.29 bits per heavy atom. The molecule has 0 N–H and O–H groups in total. The second-order valence-corrected chi connectivity index (χ2v) is 5.02. The van der Waals surface area contributed by atoms with Crippen molar-refractivity contribution in [2.24, 2.45) is 0 Å². The van der Waals surface area contributed by atoms with Gasteiger partial charge in [-0.15, -0.1) is 0 Å². The summed E-state index contributed by atoms with van der Waals surface area (Å²) in [5, 5.41) is 0. The van der Waals surface area contributed by atoms with E-state index < -0.39 is 5.97 Å². The fourth-order valence-electron chi connectivity index (χ4n) is 2.06. The molecule has 0 saturated heterocycles. The minimum Gasteiger partial charge on any atom is -0.457 e. The molecule has 0 saturated carbocycles. The number of benzene rings is 3. The second kappa shape index (κ2) is 7.24. The summed E-state index contributed by atoms with van der Waals surface area (Å²) in [6.07, 6.45) is 0.775. The lowest BCUT2D eigenvalue weighted by Gasteiger charge is -2.07. The van der Waals surface area contributed by atoms with Gasteiger partial charge in [0, 0.05) is 5.56 Å². The quantitative estimate of drug-likeness (QED) is 0.394. The molecular weight excluding hydrogens is 304 g/mol. The highest BCUT2D eigenvalue weighted by Gasteiger charge is 2.08. The molecule has 0 radical (unpaired) electrons. The average Bonchev–Trinajstić information content (AvgIpc) is 2.64. The highest BCUT2D eigenvalue weighted by atomic mass is 16.5. The fraction of sp³-hybridized carbons (Fsp3) is 0. The summed E-state index contributed by atoms with van der Waals surface area (Å²) < 4.78 is 10.9. The van der Waals surface area contributed by atoms with Crippen LogP contribution in [-0.2, 0) is 0 Å². The Morgan fingerprint density at radius 1 is 0.708 bits per heavy atom. The van der Waals surface area contributed by atoms with Crippen LogP contribution in [-0.4, -0.2) is 12.3 Å². The summed E-state index contributed by atoms with van der Waals surface area (Å²) in [4.78, 5) is 22.7. The first-order valence-electron chi connectivity index (χ1n) is 7.35. The van der Waals surface area contributed by atoms with Crippen molar-refractivity contribution in [3.05, 3.63) is 90.0 Å². The molecule has 0 spiro atoms. The molecule has 0 aliphatic rings. The molecular formula is C20H14O4. The Hall–Kier alpha value is -3.40. The van der Waals surface area contributed by atoms with Gasteiger partial charge in [0.25, 0.3) is 0 Å². The number of esters is 1. The van der Waals surface area contributed by atoms with Crippen molar-refractivity contribution < 1.29 is 19.1 Å². The summed E-state index contributed by atoms with van der Waals surface area (Å²) >= 11 is 0. The second-order valence-electron chi connectivity index (χ2n) is 5.02. The Morgan fingerprint density at radius 3 is 1.88 bits per heavy atom. The van der Waals surface area contributed by atoms with Crippen molar-refractivity contribution in [3.8, 4) is 17.2 Å². The van der Waals surface area contributed by atoms with Crippen molar-refractivity contribution in [1.29, 1.82) is 0 Å². The van der Waals surface area contributed by atoms with Gasteiger partial charge < -0.3 is 9.47 Å². The number of carbonyl (C=O) groups excluding carboxylic acids is 2. The molecule has 0 unspecified atom stereocenters. The highest BCUT2D eigenvalue weighted by molar-refractivity contribution is 5.91. The monoisotopic (exact) mass is 318 g/mol. The molecule has 3 aromatic carbocycles. The van der Waals surface area contributed by atoms with Crippen LogP contribution in [0.2, 0.25) is 0 Å². The molecule has 3 aromatic rings. The first-order chi connectivity index (χ1) is 11.7. The normalized spacial score (nSPS) is 10.0. The van der Waals surface area contributed by atoms with Gasteiger partial charge >= 0.3 is 5.97 Å². The van der Waals surface area contributed by atoms with Crippen LogP contribution in [0.1, 0.15) is 20.7 Å². The van der Waals surface area contributed by atoms with E-state index >= 15 is 0 Å². The maximum absolute atomic E-state index is 12.1. The Balaban J connectivity index is 1.66. The van der Waals surface area contributed by atoms with Gasteiger partial charge in [0.15, 0.2) is 0 Å². The van der Waals surface area contributed by atoms with Crippen LogP contribution < -0.4 is 9.47 Å². The number of hydrogen-bond acceptors (Lipinski definition) is 4. The van der Waals surface area contributed by atoms with Gasteiger partial charge in [-0.25, -0.2) is 4.79 Å². The summed E-state index contributed by atoms with van der Waals surface area (Å²) in [5.41, 5.74) is 1.02. The summed E-state index contributed by atoms with van der Waals surface area (Å²) in [7, 11) is 0. The van der Waals surface area contributed by atoms with Crippen LogP contribution in [0.25, 0.3) is 0 Å². The molecule has 0 aromatic heterocycles. The van der Waals surface area contributed by atoms with Gasteiger partial charge in [-0.2, -0.15) is 0 Å². The number of carbonyl (C=O) groups is 2. The summed E-state index contributed by atoms with van der Waals surface area (Å²) in [6, 6.07) is 22.3. The van der Waals surface area contributed by atoms with E-state index in [-0.39, 0.29) is 0 Å². The molecule has 0 atom stereocenters. The molecule has 4 nitrogen and oxygen atoms in total. The van der Waals surface area contributed by atoms with E-state index in [9.17, 15) is 9.59 Å². The maximum Gasteiger partial charge on any atom is 0.343 e. The van der Waals surface area contributed by atoms with Crippen molar-refractivity contribution in [2.75, 3.05) is 0 Å². The van der Waals surface area contributed by atoms with E-state index in [1.54, 1.807) is 72.8 Å². The van der Waals surface area contributed by atoms with Crippen LogP contribution in [0.15, 0.2) is 78.9 Å². The molecule has 0 aliphatic heterocycles. The van der Waals surface area contributed by atoms with Gasteiger partial charge in [0.1, 0.15) is 23.5 Å². The SMILES string of the molecule is O=Cc1ccc(Oc2ccc(C(=O)Oc3ccccc3)cc2)cc1. The molecule has 0 amide bonds. The predicted octanol–water partition coefficient (Wildman–Crippen LogP) is 4.51. The lowest BCUT2D eigenvalue weighted by atomic mass is 10.2. The Bertz CT molecular complexity index is 822. The third kappa shape index (κ3) is 3.87. The number of rotatable bonds is 5. The van der Waals surface area contributed by atoms with E-state index in [2.05, 4.69) is 0 Å². The van der Waals surface area contributed by atoms with E-state index in [1.165, 1.54) is 0 Å². The molecule has 0 aliphatic carbocycles. The van der Waals surface area contributed by atoms with E-state index in [4.69, 9.17) is 9.47 Å². The largest absolute Gasteiger partial charge is 0.457 e. The molecule has 4 heteroatoms. The van der Waals surface area contributed by atoms with E-state index in [0.717, 1.165) is 6.29 Å². The van der Waals surface area contributed by atoms with Crippen LogP contribution in [0.4, 0.5) is 0 Å². The third-order valence-electron chi connectivity index (χ3n) is 3.30. The van der Waals surface area contributed by atoms with Crippen LogP contribution in [0, 0.1) is 0 Å². The minimum absolute atomic E-state index is 0.428. The lowest BCUT2D eigenvalue weighted by molar-refractivity contribution is 0.0734. The first kappa shape index (κ1) is 15.5. The Labute approximate surface area is 139 Å². The zero-order valence-electron chi connectivity index (χ0n) is 12.7. The van der Waals surface area contributed by atoms with Crippen molar-refractivity contribution in [1.82, 2.24) is 0 Å². The molecule has 3 rings (SSSR count). The topological polar surface area (TPSA) is 52.6 Å². The van der Waals surface area contributed by atoms with Gasteiger partial charge in [-0.05, 0) is 60.7 Å². The lowest BCUT2D eigenvalue weighted by Crippen LogP contribution is -2.08. The Kier molecular flexibility index (Phi) is 4.68. The smallest absolute Gasteiger partial charge is 0.343 e. The van der Waals surface area contributed by atoms with E-state index in [0.29, 0.717) is 28.4 Å². The van der Waals surface area contributed by atoms with E-state index in [1.807, 2.05) is 6.07 Å². The highest BCUT2D eigenvalue weighted by Crippen LogP contribution is 2.22. The summed E-state index contributed by atoms with van der Waals surface area (Å²) in [5.74, 6) is 1.27. The number of aldehydes is 1. The third-order valence-corrected chi connectivity index (χ3v) is 3.30. The fourth-order valence-corrected chi connectivity index (χ4v) is 2.06. The molecule has 0 fully saturated rings. The number of ether oxygens (including phenoxy) is 2. The van der Waals surface area contributed by atoms with Crippen molar-refractivity contribution in [2.45, 2.75) is 0 Å². The minimum atomic E-state index is -0.428. The van der Waals surface area contributed by atoms with Crippen LogP contribution in [0.3, 0.4) is 0 Å². The van der Waals surface area contributed by atoms with Gasteiger partial charge in [-0.3, -0.25) is 4.79 Å².